The highest BCUT2D eigenvalue weighted by Crippen LogP contribution is 2.43. The Morgan fingerprint density at radius 3 is 1.42 bits per heavy atom. The van der Waals surface area contributed by atoms with Crippen molar-refractivity contribution in [1.29, 1.82) is 0 Å². The Labute approximate surface area is 320 Å². The summed E-state index contributed by atoms with van der Waals surface area (Å²) in [6, 6.07) is 0. The average Bonchev–Trinajstić information content (AvgIpc) is 3.09. The van der Waals surface area contributed by atoms with Gasteiger partial charge < -0.3 is 18.9 Å². The van der Waals surface area contributed by atoms with Gasteiger partial charge in [0.05, 0.1) is 27.7 Å². The van der Waals surface area contributed by atoms with Gasteiger partial charge in [0.2, 0.25) is 0 Å². The number of allylic oxidation sites excluding steroid dienone is 2. The van der Waals surface area contributed by atoms with Crippen LogP contribution in [-0.4, -0.2) is 74.9 Å². The zero-order chi connectivity index (χ0) is 38.6. The summed E-state index contributed by atoms with van der Waals surface area (Å²) < 4.78 is 34.2. The first-order valence-corrected chi connectivity index (χ1v) is 22.9. The molecule has 0 aliphatic heterocycles. The van der Waals surface area contributed by atoms with Crippen molar-refractivity contribution in [3.05, 3.63) is 12.2 Å². The summed E-state index contributed by atoms with van der Waals surface area (Å²) in [6.45, 7) is 4.41. The lowest BCUT2D eigenvalue weighted by Gasteiger charge is -2.24. The monoisotopic (exact) mass is 761 g/mol. The minimum absolute atomic E-state index is 0.0336. The third-order valence-corrected chi connectivity index (χ3v) is 10.3. The molecule has 0 fully saturated rings. The molecule has 0 rings (SSSR count). The molecule has 9 nitrogen and oxygen atoms in total. The third kappa shape index (κ3) is 38.5. The number of unbranched alkanes of at least 4 members (excludes halogenated alkanes) is 23. The van der Waals surface area contributed by atoms with E-state index in [1.165, 1.54) is 116 Å². The number of hydrogen-bond donors (Lipinski definition) is 1. The van der Waals surface area contributed by atoms with Crippen molar-refractivity contribution in [1.82, 2.24) is 0 Å². The Bertz CT molecular complexity index is 907. The van der Waals surface area contributed by atoms with Crippen LogP contribution in [0.15, 0.2) is 12.2 Å². The van der Waals surface area contributed by atoms with E-state index < -0.39 is 26.5 Å². The van der Waals surface area contributed by atoms with Crippen LogP contribution < -0.4 is 0 Å². The molecular formula is C42H83NO8P+. The van der Waals surface area contributed by atoms with E-state index in [1.54, 1.807) is 0 Å². The molecule has 1 unspecified atom stereocenters. The predicted octanol–water partition coefficient (Wildman–Crippen LogP) is 11.8. The molecule has 10 heteroatoms. The summed E-state index contributed by atoms with van der Waals surface area (Å²) in [7, 11) is 1.48. The highest BCUT2D eigenvalue weighted by atomic mass is 31.2. The van der Waals surface area contributed by atoms with Gasteiger partial charge in [0.15, 0.2) is 6.10 Å². The van der Waals surface area contributed by atoms with Crippen LogP contribution >= 0.6 is 7.82 Å². The fourth-order valence-electron chi connectivity index (χ4n) is 5.89. The fourth-order valence-corrected chi connectivity index (χ4v) is 6.63. The lowest BCUT2D eigenvalue weighted by Crippen LogP contribution is -2.37. The number of carbonyl (C=O) groups excluding carboxylic acids is 2. The molecule has 0 bridgehead atoms. The van der Waals surface area contributed by atoms with Gasteiger partial charge in [0.1, 0.15) is 19.8 Å². The Kier molecular flexibility index (Phi) is 34.6. The number of esters is 2. The number of likely N-dealkylation sites (N-methyl/N-ethyl adjacent to an activating group) is 1. The van der Waals surface area contributed by atoms with Crippen LogP contribution in [0.2, 0.25) is 0 Å². The number of phosphoric ester groups is 1. The minimum Gasteiger partial charge on any atom is -0.462 e. The molecule has 2 atom stereocenters. The van der Waals surface area contributed by atoms with Crippen molar-refractivity contribution in [2.75, 3.05) is 47.5 Å². The Morgan fingerprint density at radius 2 is 0.981 bits per heavy atom. The van der Waals surface area contributed by atoms with E-state index >= 15 is 0 Å². The number of quaternary nitrogens is 1. The number of ether oxygens (including phenoxy) is 2. The Morgan fingerprint density at radius 1 is 0.577 bits per heavy atom. The first-order valence-electron chi connectivity index (χ1n) is 21.4. The van der Waals surface area contributed by atoms with E-state index in [0.717, 1.165) is 44.9 Å². The lowest BCUT2D eigenvalue weighted by atomic mass is 10.1. The van der Waals surface area contributed by atoms with E-state index in [1.807, 2.05) is 21.1 Å². The van der Waals surface area contributed by atoms with Crippen LogP contribution in [-0.2, 0) is 32.7 Å². The minimum atomic E-state index is -4.36. The molecule has 308 valence electrons. The fraction of sp³-hybridized carbons (Fsp3) is 0.905. The average molecular weight is 761 g/mol. The second kappa shape index (κ2) is 35.5. The van der Waals surface area contributed by atoms with Gasteiger partial charge in [-0.25, -0.2) is 4.57 Å². The van der Waals surface area contributed by atoms with Gasteiger partial charge in [0.25, 0.3) is 0 Å². The smallest absolute Gasteiger partial charge is 0.462 e. The third-order valence-electron chi connectivity index (χ3n) is 9.30. The highest BCUT2D eigenvalue weighted by molar-refractivity contribution is 7.47. The maximum Gasteiger partial charge on any atom is 0.472 e. The molecule has 0 heterocycles. The largest absolute Gasteiger partial charge is 0.472 e. The molecule has 0 aliphatic carbocycles. The van der Waals surface area contributed by atoms with E-state index in [-0.39, 0.29) is 25.6 Å². The second-order valence-corrected chi connectivity index (χ2v) is 17.2. The van der Waals surface area contributed by atoms with Crippen molar-refractivity contribution < 1.29 is 42.1 Å². The van der Waals surface area contributed by atoms with Crippen molar-refractivity contribution in [2.24, 2.45) is 0 Å². The normalized spacial score (nSPS) is 13.7. The quantitative estimate of drug-likeness (QED) is 0.0217. The number of nitrogens with zero attached hydrogens (tertiary/aromatic N) is 1. The number of carbonyl (C=O) groups is 2. The zero-order valence-corrected chi connectivity index (χ0v) is 35.5. The van der Waals surface area contributed by atoms with Crippen LogP contribution in [0.1, 0.15) is 194 Å². The summed E-state index contributed by atoms with van der Waals surface area (Å²) in [4.78, 5) is 35.2. The van der Waals surface area contributed by atoms with Gasteiger partial charge in [0, 0.05) is 12.8 Å². The molecule has 0 aliphatic rings. The van der Waals surface area contributed by atoms with E-state index in [4.69, 9.17) is 18.5 Å². The molecule has 0 aromatic carbocycles. The first kappa shape index (κ1) is 50.8. The van der Waals surface area contributed by atoms with Gasteiger partial charge in [-0.3, -0.25) is 18.6 Å². The van der Waals surface area contributed by atoms with Gasteiger partial charge in [-0.15, -0.1) is 0 Å². The van der Waals surface area contributed by atoms with Crippen molar-refractivity contribution in [3.63, 3.8) is 0 Å². The summed E-state index contributed by atoms with van der Waals surface area (Å²) in [5.74, 6) is -0.800. The molecule has 0 saturated carbocycles. The van der Waals surface area contributed by atoms with Crippen LogP contribution in [0, 0.1) is 0 Å². The van der Waals surface area contributed by atoms with Crippen LogP contribution in [0.5, 0.6) is 0 Å². The topological polar surface area (TPSA) is 108 Å². The van der Waals surface area contributed by atoms with Crippen LogP contribution in [0.25, 0.3) is 0 Å². The van der Waals surface area contributed by atoms with E-state index in [9.17, 15) is 19.0 Å². The molecule has 1 N–H and O–H groups in total. The molecule has 52 heavy (non-hydrogen) atoms. The number of rotatable bonds is 39. The zero-order valence-electron chi connectivity index (χ0n) is 34.6. The second-order valence-electron chi connectivity index (χ2n) is 15.7. The molecule has 0 aromatic heterocycles. The van der Waals surface area contributed by atoms with Crippen LogP contribution in [0.3, 0.4) is 0 Å². The molecule has 0 saturated heterocycles. The highest BCUT2D eigenvalue weighted by Gasteiger charge is 2.27. The maximum absolute atomic E-state index is 12.7. The first-order chi connectivity index (χ1) is 25.0. The van der Waals surface area contributed by atoms with Crippen molar-refractivity contribution in [2.45, 2.75) is 200 Å². The summed E-state index contributed by atoms with van der Waals surface area (Å²) in [5, 5.41) is 0. The molecule has 0 aromatic rings. The molecular weight excluding hydrogens is 677 g/mol. The molecule has 0 radical (unpaired) electrons. The standard InChI is InChI=1S/C42H82NO8P/c1-6-8-10-12-14-16-17-18-19-20-21-22-23-24-25-27-29-31-33-35-42(45)51-40(39-50-52(46,47)49-37-36-43(3,4)5)38-48-41(44)34-32-30-28-26-15-13-11-9-7-2/h20-21,40H,6-19,22-39H2,1-5H3/p+1/b21-20-/t40-/m1/s1. The van der Waals surface area contributed by atoms with Crippen molar-refractivity contribution >= 4 is 19.8 Å². The lowest BCUT2D eigenvalue weighted by molar-refractivity contribution is -0.870. The predicted molar refractivity (Wildman–Crippen MR) is 215 cm³/mol. The van der Waals surface area contributed by atoms with Crippen LogP contribution in [0.4, 0.5) is 0 Å². The maximum atomic E-state index is 12.7. The summed E-state index contributed by atoms with van der Waals surface area (Å²) in [6.07, 6.45) is 35.5. The number of phosphoric acid groups is 1. The van der Waals surface area contributed by atoms with Gasteiger partial charge >= 0.3 is 19.8 Å². The summed E-state index contributed by atoms with van der Waals surface area (Å²) in [5.41, 5.74) is 0. The SMILES string of the molecule is CCCCCCCCCC/C=C\CCCCCCCCCC(=O)O[C@H](COC(=O)CCCCCCCCCCC)COP(=O)(O)OCC[N+](C)(C)C. The van der Waals surface area contributed by atoms with Gasteiger partial charge in [-0.2, -0.15) is 0 Å². The van der Waals surface area contributed by atoms with Gasteiger partial charge in [-0.1, -0.05) is 154 Å². The summed E-state index contributed by atoms with van der Waals surface area (Å²) >= 11 is 0. The Hall–Kier alpha value is -1.25. The van der Waals surface area contributed by atoms with E-state index in [0.29, 0.717) is 23.9 Å². The molecule has 0 amide bonds. The number of hydrogen-bond acceptors (Lipinski definition) is 7. The Balaban J connectivity index is 4.29. The van der Waals surface area contributed by atoms with Crippen molar-refractivity contribution in [3.8, 4) is 0 Å². The van der Waals surface area contributed by atoms with Gasteiger partial charge in [-0.05, 0) is 38.5 Å². The van der Waals surface area contributed by atoms with E-state index in [2.05, 4.69) is 26.0 Å². The molecule has 0 spiro atoms.